The van der Waals surface area contributed by atoms with Crippen LogP contribution in [0.5, 0.6) is 0 Å². The summed E-state index contributed by atoms with van der Waals surface area (Å²) < 4.78 is 37.9. The van der Waals surface area contributed by atoms with Crippen molar-refractivity contribution in [3.05, 3.63) is 29.3 Å². The van der Waals surface area contributed by atoms with E-state index in [0.29, 0.717) is 6.42 Å². The van der Waals surface area contributed by atoms with Gasteiger partial charge in [-0.2, -0.15) is 13.2 Å². The van der Waals surface area contributed by atoms with Crippen LogP contribution < -0.4 is 10.2 Å². The molecule has 0 spiro atoms. The van der Waals surface area contributed by atoms with E-state index >= 15 is 0 Å². The molecule has 1 aliphatic heterocycles. The van der Waals surface area contributed by atoms with E-state index < -0.39 is 11.7 Å². The predicted molar refractivity (Wildman–Crippen MR) is 65.9 cm³/mol. The van der Waals surface area contributed by atoms with Crippen LogP contribution >= 0.6 is 0 Å². The number of fused-ring (bicyclic) bond motifs is 1. The second-order valence-corrected chi connectivity index (χ2v) is 4.80. The summed E-state index contributed by atoms with van der Waals surface area (Å²) in [4.78, 5) is 2.05. The number of hydrogen-bond donors (Lipinski definition) is 1. The van der Waals surface area contributed by atoms with Gasteiger partial charge in [-0.3, -0.25) is 0 Å². The van der Waals surface area contributed by atoms with E-state index in [1.807, 2.05) is 21.0 Å². The summed E-state index contributed by atoms with van der Waals surface area (Å²) in [6, 6.07) is 4.43. The second-order valence-electron chi connectivity index (χ2n) is 4.80. The van der Waals surface area contributed by atoms with Gasteiger partial charge in [0, 0.05) is 24.8 Å². The van der Waals surface area contributed by atoms with Crippen LogP contribution in [0, 0.1) is 0 Å². The molecule has 0 bridgehead atoms. The molecule has 1 heterocycles. The molecule has 2 atom stereocenters. The predicted octanol–water partition coefficient (Wildman–Crippen LogP) is 2.67. The Morgan fingerprint density at radius 2 is 2.06 bits per heavy atom. The Morgan fingerprint density at radius 1 is 1.39 bits per heavy atom. The maximum absolute atomic E-state index is 12.6. The minimum Gasteiger partial charge on any atom is -0.369 e. The zero-order chi connectivity index (χ0) is 13.5. The first-order valence-electron chi connectivity index (χ1n) is 5.95. The molecule has 0 fully saturated rings. The molecule has 0 amide bonds. The monoisotopic (exact) mass is 258 g/mol. The molecular weight excluding hydrogens is 241 g/mol. The van der Waals surface area contributed by atoms with Gasteiger partial charge in [-0.15, -0.1) is 0 Å². The van der Waals surface area contributed by atoms with E-state index in [4.69, 9.17) is 0 Å². The van der Waals surface area contributed by atoms with Crippen molar-refractivity contribution >= 4 is 5.69 Å². The molecule has 100 valence electrons. The first kappa shape index (κ1) is 13.2. The van der Waals surface area contributed by atoms with Gasteiger partial charge in [0.2, 0.25) is 0 Å². The molecule has 1 aromatic rings. The Bertz CT molecular complexity index is 442. The van der Waals surface area contributed by atoms with Gasteiger partial charge in [0.1, 0.15) is 0 Å². The fraction of sp³-hybridized carbons (Fsp3) is 0.538. The molecule has 0 radical (unpaired) electrons. The number of alkyl halides is 3. The highest BCUT2D eigenvalue weighted by Gasteiger charge is 2.35. The van der Waals surface area contributed by atoms with E-state index in [9.17, 15) is 13.2 Å². The van der Waals surface area contributed by atoms with Crippen LogP contribution in [-0.4, -0.2) is 26.2 Å². The lowest BCUT2D eigenvalue weighted by molar-refractivity contribution is -0.137. The maximum atomic E-state index is 12.6. The number of nitrogens with one attached hydrogen (secondary N) is 1. The summed E-state index contributed by atoms with van der Waals surface area (Å²) in [6.07, 6.45) is -3.61. The minimum absolute atomic E-state index is 0.202. The largest absolute Gasteiger partial charge is 0.416 e. The Morgan fingerprint density at radius 3 is 2.61 bits per heavy atom. The standard InChI is InChI=1S/C13H17F3N2/c1-8(17-2)12-7-9-6-10(13(14,15)16)4-5-11(9)18(12)3/h4-6,8,12,17H,7H2,1-3H3. The van der Waals surface area contributed by atoms with Crippen LogP contribution in [0.15, 0.2) is 18.2 Å². The third kappa shape index (κ3) is 2.19. The molecule has 0 saturated heterocycles. The molecule has 2 unspecified atom stereocenters. The summed E-state index contributed by atoms with van der Waals surface area (Å²) in [5, 5.41) is 3.15. The zero-order valence-corrected chi connectivity index (χ0v) is 10.7. The van der Waals surface area contributed by atoms with Crippen molar-refractivity contribution in [3.63, 3.8) is 0 Å². The zero-order valence-electron chi connectivity index (χ0n) is 10.7. The average Bonchev–Trinajstić information content (AvgIpc) is 2.64. The molecule has 5 heteroatoms. The number of hydrogen-bond acceptors (Lipinski definition) is 2. The summed E-state index contributed by atoms with van der Waals surface area (Å²) in [6.45, 7) is 2.04. The molecule has 1 N–H and O–H groups in total. The SMILES string of the molecule is CNC(C)C1Cc2cc(C(F)(F)F)ccc2N1C. The number of rotatable bonds is 2. The Kier molecular flexibility index (Phi) is 3.27. The second kappa shape index (κ2) is 4.46. The molecule has 0 aliphatic carbocycles. The molecule has 0 aromatic heterocycles. The highest BCUT2D eigenvalue weighted by molar-refractivity contribution is 5.60. The van der Waals surface area contributed by atoms with E-state index in [1.165, 1.54) is 6.07 Å². The van der Waals surface area contributed by atoms with Gasteiger partial charge < -0.3 is 10.2 Å². The summed E-state index contributed by atoms with van der Waals surface area (Å²) in [5.74, 6) is 0. The van der Waals surface area contributed by atoms with E-state index in [0.717, 1.165) is 17.3 Å². The van der Waals surface area contributed by atoms with Crippen molar-refractivity contribution in [3.8, 4) is 0 Å². The molecule has 1 aliphatic rings. The van der Waals surface area contributed by atoms with Crippen LogP contribution in [0.3, 0.4) is 0 Å². The van der Waals surface area contributed by atoms with Crippen molar-refractivity contribution in [1.29, 1.82) is 0 Å². The highest BCUT2D eigenvalue weighted by atomic mass is 19.4. The summed E-state index contributed by atoms with van der Waals surface area (Å²) >= 11 is 0. The third-order valence-electron chi connectivity index (χ3n) is 3.75. The number of halogens is 3. The number of anilines is 1. The fourth-order valence-electron chi connectivity index (χ4n) is 2.51. The van der Waals surface area contributed by atoms with Gasteiger partial charge in [0.25, 0.3) is 0 Å². The molecule has 2 rings (SSSR count). The normalized spacial score (nSPS) is 21.0. The van der Waals surface area contributed by atoms with E-state index in [2.05, 4.69) is 10.2 Å². The van der Waals surface area contributed by atoms with Crippen LogP contribution in [0.1, 0.15) is 18.1 Å². The Balaban J connectivity index is 2.32. The van der Waals surface area contributed by atoms with Crippen molar-refractivity contribution < 1.29 is 13.2 Å². The number of benzene rings is 1. The fourth-order valence-corrected chi connectivity index (χ4v) is 2.51. The first-order valence-corrected chi connectivity index (χ1v) is 5.95. The Hall–Kier alpha value is -1.23. The van der Waals surface area contributed by atoms with Crippen molar-refractivity contribution in [2.75, 3.05) is 19.0 Å². The van der Waals surface area contributed by atoms with Crippen molar-refractivity contribution in [1.82, 2.24) is 5.32 Å². The van der Waals surface area contributed by atoms with Gasteiger partial charge >= 0.3 is 6.18 Å². The lowest BCUT2D eigenvalue weighted by atomic mass is 10.0. The maximum Gasteiger partial charge on any atom is 0.416 e. The topological polar surface area (TPSA) is 15.3 Å². The van der Waals surface area contributed by atoms with Gasteiger partial charge in [0.15, 0.2) is 0 Å². The average molecular weight is 258 g/mol. The molecule has 18 heavy (non-hydrogen) atoms. The van der Waals surface area contributed by atoms with Crippen LogP contribution in [0.2, 0.25) is 0 Å². The summed E-state index contributed by atoms with van der Waals surface area (Å²) in [7, 11) is 3.79. The number of likely N-dealkylation sites (N-methyl/N-ethyl adjacent to an activating group) is 2. The third-order valence-corrected chi connectivity index (χ3v) is 3.75. The van der Waals surface area contributed by atoms with Gasteiger partial charge in [-0.05, 0) is 44.2 Å². The highest BCUT2D eigenvalue weighted by Crippen LogP contribution is 2.37. The molecular formula is C13H17F3N2. The van der Waals surface area contributed by atoms with E-state index in [-0.39, 0.29) is 12.1 Å². The number of nitrogens with zero attached hydrogens (tertiary/aromatic N) is 1. The molecule has 0 saturated carbocycles. The quantitative estimate of drug-likeness (QED) is 0.877. The molecule has 2 nitrogen and oxygen atoms in total. The Labute approximate surface area is 105 Å². The van der Waals surface area contributed by atoms with Crippen LogP contribution in [0.4, 0.5) is 18.9 Å². The van der Waals surface area contributed by atoms with Crippen molar-refractivity contribution in [2.45, 2.75) is 31.6 Å². The molecule has 1 aromatic carbocycles. The van der Waals surface area contributed by atoms with Crippen LogP contribution in [0.25, 0.3) is 0 Å². The van der Waals surface area contributed by atoms with Gasteiger partial charge in [-0.1, -0.05) is 0 Å². The smallest absolute Gasteiger partial charge is 0.369 e. The van der Waals surface area contributed by atoms with Gasteiger partial charge in [-0.25, -0.2) is 0 Å². The van der Waals surface area contributed by atoms with Crippen molar-refractivity contribution in [2.24, 2.45) is 0 Å². The summed E-state index contributed by atoms with van der Waals surface area (Å²) in [5.41, 5.74) is 1.11. The first-order chi connectivity index (χ1) is 8.34. The minimum atomic E-state index is -4.26. The lowest BCUT2D eigenvalue weighted by Gasteiger charge is -2.27. The van der Waals surface area contributed by atoms with E-state index in [1.54, 1.807) is 6.07 Å². The van der Waals surface area contributed by atoms with Crippen LogP contribution in [-0.2, 0) is 12.6 Å². The lowest BCUT2D eigenvalue weighted by Crippen LogP contribution is -2.44. The van der Waals surface area contributed by atoms with Gasteiger partial charge in [0.05, 0.1) is 5.56 Å².